The van der Waals surface area contributed by atoms with Crippen LogP contribution < -0.4 is 20.3 Å². The zero-order valence-corrected chi connectivity index (χ0v) is 20.1. The third-order valence-electron chi connectivity index (χ3n) is 6.25. The minimum absolute atomic E-state index is 0.0103. The Balaban J connectivity index is 1.97. The summed E-state index contributed by atoms with van der Waals surface area (Å²) in [4.78, 5) is 4.27. The van der Waals surface area contributed by atoms with E-state index in [0.717, 1.165) is 0 Å². The summed E-state index contributed by atoms with van der Waals surface area (Å²) in [7, 11) is 3.07. The highest BCUT2D eigenvalue weighted by molar-refractivity contribution is 6.05. The molecule has 2 aromatic carbocycles. The van der Waals surface area contributed by atoms with Crippen LogP contribution in [0.25, 0.3) is 27.9 Å². The fourth-order valence-corrected chi connectivity index (χ4v) is 4.50. The molecule has 0 spiro atoms. The Morgan fingerprint density at radius 3 is 1.82 bits per heavy atom. The van der Waals surface area contributed by atoms with Crippen molar-refractivity contribution in [2.24, 2.45) is 0 Å². The summed E-state index contributed by atoms with van der Waals surface area (Å²) < 4.78 is 11.9. The molecular formula is C28H16N8O2. The van der Waals surface area contributed by atoms with Gasteiger partial charge >= 0.3 is 0 Å². The predicted octanol–water partition coefficient (Wildman–Crippen LogP) is 3.93. The lowest BCUT2D eigenvalue weighted by Gasteiger charge is -2.27. The molecule has 1 aliphatic rings. The summed E-state index contributed by atoms with van der Waals surface area (Å²) in [6.45, 7) is 0. The topological polar surface area (TPSA) is 167 Å². The van der Waals surface area contributed by atoms with Gasteiger partial charge in [0.05, 0.1) is 31.0 Å². The van der Waals surface area contributed by atoms with Crippen molar-refractivity contribution in [3.05, 3.63) is 82.1 Å². The molecule has 0 saturated heterocycles. The van der Waals surface area contributed by atoms with E-state index < -0.39 is 0 Å². The molecule has 2 aromatic heterocycles. The zero-order chi connectivity index (χ0) is 27.0. The first-order valence-electron chi connectivity index (χ1n) is 11.1. The van der Waals surface area contributed by atoms with Crippen LogP contribution in [0.2, 0.25) is 0 Å². The Kier molecular flexibility index (Phi) is 5.70. The van der Waals surface area contributed by atoms with Gasteiger partial charge in [0.15, 0.2) is 11.3 Å². The van der Waals surface area contributed by atoms with Crippen molar-refractivity contribution < 1.29 is 9.47 Å². The van der Waals surface area contributed by atoms with E-state index in [9.17, 15) is 21.0 Å². The summed E-state index contributed by atoms with van der Waals surface area (Å²) in [6.07, 6.45) is 0. The van der Waals surface area contributed by atoms with Crippen LogP contribution in [0.5, 0.6) is 11.5 Å². The highest BCUT2D eigenvalue weighted by Crippen LogP contribution is 2.42. The fraction of sp³-hybridized carbons (Fsp3) is 0.0714. The van der Waals surface area contributed by atoms with Gasteiger partial charge < -0.3 is 14.8 Å². The van der Waals surface area contributed by atoms with Gasteiger partial charge in [0.25, 0.3) is 0 Å². The quantitative estimate of drug-likeness (QED) is 0.428. The number of pyridine rings is 1. The normalized spacial score (nSPS) is 11.5. The van der Waals surface area contributed by atoms with Gasteiger partial charge in [0.2, 0.25) is 0 Å². The highest BCUT2D eigenvalue weighted by atomic mass is 16.5. The van der Waals surface area contributed by atoms with Gasteiger partial charge in [0.1, 0.15) is 58.3 Å². The molecule has 3 heterocycles. The summed E-state index contributed by atoms with van der Waals surface area (Å²) in [6, 6.07) is 22.2. The third-order valence-corrected chi connectivity index (χ3v) is 6.25. The Morgan fingerprint density at radius 2 is 1.32 bits per heavy atom. The van der Waals surface area contributed by atoms with Crippen LogP contribution in [0.1, 0.15) is 28.1 Å². The number of benzene rings is 2. The standard InChI is InChI=1S/C28H16N8O2/c1-37-17-7-3-15(4-8-17)23-19(11-29)25-22(14-32)26(33)35-28-21(13-31)24(16-5-9-18(38-2)10-6-16)34-27(36(25)28)20(23)12-30/h3-10,33-34H,1-2H3. The molecule has 38 heavy (non-hydrogen) atoms. The number of nitrogens with zero attached hydrogens (tertiary/aromatic N) is 6. The van der Waals surface area contributed by atoms with Crippen LogP contribution in [0.4, 0.5) is 5.82 Å². The van der Waals surface area contributed by atoms with Crippen LogP contribution >= 0.6 is 0 Å². The maximum atomic E-state index is 10.4. The minimum Gasteiger partial charge on any atom is -0.497 e. The van der Waals surface area contributed by atoms with E-state index in [4.69, 9.17) is 14.9 Å². The first kappa shape index (κ1) is 23.6. The second-order valence-electron chi connectivity index (χ2n) is 8.10. The van der Waals surface area contributed by atoms with E-state index in [1.807, 2.05) is 6.07 Å². The summed E-state index contributed by atoms with van der Waals surface area (Å²) in [5.41, 5.74) is 1.52. The van der Waals surface area contributed by atoms with Crippen molar-refractivity contribution in [3.63, 3.8) is 0 Å². The van der Waals surface area contributed by atoms with Gasteiger partial charge in [-0.05, 0) is 47.5 Å². The van der Waals surface area contributed by atoms with Crippen molar-refractivity contribution in [2.45, 2.75) is 0 Å². The maximum absolute atomic E-state index is 10.4. The van der Waals surface area contributed by atoms with Gasteiger partial charge in [-0.15, -0.1) is 0 Å². The molecular weight excluding hydrogens is 480 g/mol. The first-order valence-corrected chi connectivity index (χ1v) is 11.1. The third kappa shape index (κ3) is 3.38. The van der Waals surface area contributed by atoms with Gasteiger partial charge in [-0.25, -0.2) is 4.98 Å². The molecule has 10 nitrogen and oxygen atoms in total. The first-order chi connectivity index (χ1) is 18.5. The lowest BCUT2D eigenvalue weighted by molar-refractivity contribution is 0.414. The van der Waals surface area contributed by atoms with Gasteiger partial charge in [-0.2, -0.15) is 21.0 Å². The molecule has 0 atom stereocenters. The molecule has 0 fully saturated rings. The van der Waals surface area contributed by atoms with Gasteiger partial charge in [0, 0.05) is 5.56 Å². The number of hydrogen-bond acceptors (Lipinski definition) is 9. The average molecular weight is 496 g/mol. The molecule has 5 rings (SSSR count). The van der Waals surface area contributed by atoms with Crippen LogP contribution in [-0.2, 0) is 0 Å². The number of anilines is 1. The molecule has 4 aromatic rings. The fourth-order valence-electron chi connectivity index (χ4n) is 4.50. The SMILES string of the molecule is COc1ccc(C2=C(C#N)c3nc(=N)c(C#N)c4c(C#N)c(-c5ccc(OC)cc5)c(C#N)c(n34)N2)cc1. The van der Waals surface area contributed by atoms with Gasteiger partial charge in [-0.3, -0.25) is 9.81 Å². The predicted molar refractivity (Wildman–Crippen MR) is 136 cm³/mol. The van der Waals surface area contributed by atoms with Crippen LogP contribution in [0, 0.1) is 50.7 Å². The second kappa shape index (κ2) is 9.17. The number of rotatable bonds is 4. The molecule has 0 bridgehead atoms. The number of hydrogen-bond donors (Lipinski definition) is 2. The minimum atomic E-state index is -0.390. The smallest absolute Gasteiger partial charge is 0.167 e. The molecule has 0 unspecified atom stereocenters. The molecule has 0 aliphatic carbocycles. The van der Waals surface area contributed by atoms with E-state index in [2.05, 4.69) is 28.5 Å². The van der Waals surface area contributed by atoms with Crippen LogP contribution in [-0.4, -0.2) is 23.6 Å². The van der Waals surface area contributed by atoms with Gasteiger partial charge in [-0.1, -0.05) is 12.1 Å². The Bertz CT molecular complexity index is 1910. The number of aromatic nitrogens is 2. The van der Waals surface area contributed by atoms with Crippen LogP contribution in [0.15, 0.2) is 48.5 Å². The van der Waals surface area contributed by atoms with Crippen molar-refractivity contribution in [2.75, 3.05) is 19.5 Å². The maximum Gasteiger partial charge on any atom is 0.167 e. The Morgan fingerprint density at radius 1 is 0.763 bits per heavy atom. The lowest BCUT2D eigenvalue weighted by Crippen LogP contribution is -2.25. The number of allylic oxidation sites excluding steroid dienone is 1. The molecule has 1 aliphatic heterocycles. The lowest BCUT2D eigenvalue weighted by atomic mass is 9.92. The monoisotopic (exact) mass is 496 g/mol. The number of nitrogens with one attached hydrogen (secondary N) is 2. The number of methoxy groups -OCH3 is 2. The average Bonchev–Trinajstić information content (AvgIpc) is 2.96. The van der Waals surface area contributed by atoms with E-state index in [1.165, 1.54) is 11.5 Å². The Labute approximate surface area is 216 Å². The summed E-state index contributed by atoms with van der Waals surface area (Å²) >= 11 is 0. The molecule has 0 saturated carbocycles. The summed E-state index contributed by atoms with van der Waals surface area (Å²) in [5.74, 6) is 1.46. The van der Waals surface area contributed by atoms with E-state index >= 15 is 0 Å². The highest BCUT2D eigenvalue weighted by Gasteiger charge is 2.31. The Hall–Kier alpha value is -6.10. The number of nitriles is 4. The zero-order valence-electron chi connectivity index (χ0n) is 20.1. The molecule has 0 radical (unpaired) electrons. The second-order valence-corrected chi connectivity index (χ2v) is 8.10. The van der Waals surface area contributed by atoms with E-state index in [1.54, 1.807) is 55.6 Å². The van der Waals surface area contributed by atoms with E-state index in [0.29, 0.717) is 28.3 Å². The molecule has 0 amide bonds. The van der Waals surface area contributed by atoms with Crippen molar-refractivity contribution in [3.8, 4) is 46.9 Å². The van der Waals surface area contributed by atoms with E-state index in [-0.39, 0.29) is 50.5 Å². The van der Waals surface area contributed by atoms with Crippen molar-refractivity contribution in [1.29, 1.82) is 26.5 Å². The van der Waals surface area contributed by atoms with Crippen molar-refractivity contribution >= 4 is 22.6 Å². The van der Waals surface area contributed by atoms with Crippen molar-refractivity contribution in [1.82, 2.24) is 9.38 Å². The molecule has 2 N–H and O–H groups in total. The van der Waals surface area contributed by atoms with Crippen LogP contribution in [0.3, 0.4) is 0 Å². The molecule has 10 heteroatoms. The largest absolute Gasteiger partial charge is 0.497 e. The molecule has 180 valence electrons. The summed E-state index contributed by atoms with van der Waals surface area (Å²) in [5, 5.41) is 52.4. The number of ether oxygens (including phenoxy) is 2.